The van der Waals surface area contributed by atoms with Gasteiger partial charge in [0, 0.05) is 6.20 Å². The van der Waals surface area contributed by atoms with Crippen LogP contribution in [0.15, 0.2) is 23.0 Å². The third-order valence-electron chi connectivity index (χ3n) is 2.51. The Morgan fingerprint density at radius 1 is 1.50 bits per heavy atom. The largest absolute Gasteiger partial charge is 0.379 e. The van der Waals surface area contributed by atoms with Crippen molar-refractivity contribution in [2.24, 2.45) is 0 Å². The van der Waals surface area contributed by atoms with E-state index in [1.54, 1.807) is 6.20 Å². The molecule has 0 fully saturated rings. The van der Waals surface area contributed by atoms with Crippen LogP contribution in [0, 0.1) is 0 Å². The van der Waals surface area contributed by atoms with Gasteiger partial charge in [0.15, 0.2) is 0 Å². The lowest BCUT2D eigenvalue weighted by molar-refractivity contribution is 0.0941. The molecule has 0 radical (unpaired) electrons. The highest BCUT2D eigenvalue weighted by Gasteiger charge is 2.15. The summed E-state index contributed by atoms with van der Waals surface area (Å²) in [7, 11) is 0. The fourth-order valence-corrected chi connectivity index (χ4v) is 1.55. The van der Waals surface area contributed by atoms with Crippen molar-refractivity contribution in [2.45, 2.75) is 19.9 Å². The highest BCUT2D eigenvalue weighted by Crippen LogP contribution is 2.07. The Morgan fingerprint density at radius 2 is 2.33 bits per heavy atom. The number of nitrogen functional groups attached to an aromatic ring is 1. The van der Waals surface area contributed by atoms with E-state index < -0.39 is 5.91 Å². The molecule has 0 saturated carbocycles. The molecular weight excluding hydrogens is 234 g/mol. The van der Waals surface area contributed by atoms with Crippen LogP contribution in [0.2, 0.25) is 0 Å². The first-order valence-corrected chi connectivity index (χ1v) is 5.51. The average Bonchev–Trinajstić information content (AvgIpc) is 2.82. The number of hydrogen-bond acceptors (Lipinski definition) is 6. The second-order valence-electron chi connectivity index (χ2n) is 3.64. The molecule has 2 rings (SSSR count). The lowest BCUT2D eigenvalue weighted by atomic mass is 10.1. The lowest BCUT2D eigenvalue weighted by Gasteiger charge is -2.06. The third-order valence-corrected chi connectivity index (χ3v) is 2.51. The van der Waals surface area contributed by atoms with Gasteiger partial charge in [-0.3, -0.25) is 9.78 Å². The smallest absolute Gasteiger partial charge is 0.277 e. The summed E-state index contributed by atoms with van der Waals surface area (Å²) in [5.41, 5.74) is 7.32. The zero-order valence-electron chi connectivity index (χ0n) is 9.88. The van der Waals surface area contributed by atoms with Gasteiger partial charge in [0.05, 0.1) is 12.2 Å². The maximum atomic E-state index is 11.7. The number of nitrogens with two attached hydrogens (primary N) is 1. The summed E-state index contributed by atoms with van der Waals surface area (Å²) in [6, 6.07) is 3.84. The first kappa shape index (κ1) is 12.0. The number of carbonyl (C=O) groups excluding carboxylic acids is 1. The summed E-state index contributed by atoms with van der Waals surface area (Å²) in [4.78, 5) is 15.9. The molecule has 2 aromatic heterocycles. The predicted octanol–water partition coefficient (Wildman–Crippen LogP) is 0.539. The Morgan fingerprint density at radius 3 is 3.00 bits per heavy atom. The van der Waals surface area contributed by atoms with Crippen molar-refractivity contribution in [3.63, 3.8) is 0 Å². The highest BCUT2D eigenvalue weighted by molar-refractivity contribution is 5.95. The van der Waals surface area contributed by atoms with Gasteiger partial charge in [0.2, 0.25) is 11.5 Å². The van der Waals surface area contributed by atoms with E-state index in [0.29, 0.717) is 6.54 Å². The normalized spacial score (nSPS) is 10.3. The molecule has 0 atom stereocenters. The first-order valence-electron chi connectivity index (χ1n) is 5.51. The van der Waals surface area contributed by atoms with Crippen LogP contribution in [0.25, 0.3) is 0 Å². The van der Waals surface area contributed by atoms with Crippen molar-refractivity contribution >= 4 is 11.7 Å². The molecule has 1 amide bonds. The van der Waals surface area contributed by atoms with Crippen LogP contribution in [0.1, 0.15) is 28.7 Å². The van der Waals surface area contributed by atoms with Crippen molar-refractivity contribution in [3.05, 3.63) is 35.3 Å². The lowest BCUT2D eigenvalue weighted by Crippen LogP contribution is -2.25. The van der Waals surface area contributed by atoms with Gasteiger partial charge < -0.3 is 11.1 Å². The number of hydrogen-bond donors (Lipinski definition) is 2. The number of amides is 1. The van der Waals surface area contributed by atoms with E-state index in [-0.39, 0.29) is 11.5 Å². The van der Waals surface area contributed by atoms with E-state index in [4.69, 9.17) is 5.73 Å². The van der Waals surface area contributed by atoms with Crippen molar-refractivity contribution in [1.29, 1.82) is 0 Å². The van der Waals surface area contributed by atoms with E-state index in [1.807, 2.05) is 19.1 Å². The number of aryl methyl sites for hydroxylation is 1. The van der Waals surface area contributed by atoms with Gasteiger partial charge in [0.25, 0.3) is 5.91 Å². The molecule has 2 aromatic rings. The first-order chi connectivity index (χ1) is 8.72. The number of aromatic nitrogens is 3. The molecule has 0 unspecified atom stereocenters. The average molecular weight is 247 g/mol. The molecule has 7 heteroatoms. The highest BCUT2D eigenvalue weighted by atomic mass is 16.6. The molecule has 3 N–H and O–H groups in total. The topological polar surface area (TPSA) is 107 Å². The number of pyridine rings is 1. The summed E-state index contributed by atoms with van der Waals surface area (Å²) in [6.07, 6.45) is 2.54. The van der Waals surface area contributed by atoms with Crippen LogP contribution >= 0.6 is 0 Å². The molecule has 0 bridgehead atoms. The molecule has 0 aliphatic heterocycles. The van der Waals surface area contributed by atoms with Crippen molar-refractivity contribution < 1.29 is 9.42 Å². The molecule has 0 aliphatic carbocycles. The Hall–Kier alpha value is -2.44. The van der Waals surface area contributed by atoms with Crippen LogP contribution in [0.4, 0.5) is 5.82 Å². The van der Waals surface area contributed by atoms with E-state index >= 15 is 0 Å². The maximum Gasteiger partial charge on any atom is 0.277 e. The molecule has 94 valence electrons. The second kappa shape index (κ2) is 5.26. The molecule has 0 spiro atoms. The van der Waals surface area contributed by atoms with Gasteiger partial charge in [0.1, 0.15) is 0 Å². The Bertz CT molecular complexity index is 552. The monoisotopic (exact) mass is 247 g/mol. The Balaban J connectivity index is 2.04. The van der Waals surface area contributed by atoms with Crippen LogP contribution in [0.5, 0.6) is 0 Å². The second-order valence-corrected chi connectivity index (χ2v) is 3.64. The molecule has 2 heterocycles. The number of rotatable bonds is 4. The zero-order chi connectivity index (χ0) is 13.0. The van der Waals surface area contributed by atoms with Crippen LogP contribution < -0.4 is 11.1 Å². The fraction of sp³-hybridized carbons (Fsp3) is 0.273. The van der Waals surface area contributed by atoms with E-state index in [9.17, 15) is 4.79 Å². The van der Waals surface area contributed by atoms with E-state index in [1.165, 1.54) is 0 Å². The summed E-state index contributed by atoms with van der Waals surface area (Å²) in [5.74, 6) is -0.453. The molecule has 0 saturated heterocycles. The molecule has 7 nitrogen and oxygen atoms in total. The standard InChI is InChI=1S/C11H13N5O2/c1-2-7-4-3-5-13-8(7)6-14-11(17)9-10(12)16-18-15-9/h3-5H,2,6H2,1H3,(H2,12,16)(H,14,17). The van der Waals surface area contributed by atoms with Gasteiger partial charge in [-0.25, -0.2) is 4.63 Å². The van der Waals surface area contributed by atoms with Crippen LogP contribution in [0.3, 0.4) is 0 Å². The third kappa shape index (κ3) is 2.45. The minimum Gasteiger partial charge on any atom is -0.379 e. The quantitative estimate of drug-likeness (QED) is 0.816. The summed E-state index contributed by atoms with van der Waals surface area (Å²) in [6.45, 7) is 2.34. The molecule has 18 heavy (non-hydrogen) atoms. The summed E-state index contributed by atoms with van der Waals surface area (Å²) < 4.78 is 4.36. The number of carbonyl (C=O) groups is 1. The SMILES string of the molecule is CCc1cccnc1CNC(=O)c1nonc1N. The molecule has 0 aliphatic rings. The minimum absolute atomic E-state index is 0.0102. The van der Waals surface area contributed by atoms with Crippen molar-refractivity contribution in [2.75, 3.05) is 5.73 Å². The summed E-state index contributed by atoms with van der Waals surface area (Å²) in [5, 5.41) is 9.44. The van der Waals surface area contributed by atoms with Crippen LogP contribution in [-0.4, -0.2) is 21.2 Å². The van der Waals surface area contributed by atoms with E-state index in [2.05, 4.69) is 25.2 Å². The van der Waals surface area contributed by atoms with Gasteiger partial charge in [-0.2, -0.15) is 0 Å². The van der Waals surface area contributed by atoms with Gasteiger partial charge in [-0.15, -0.1) is 0 Å². The Labute approximate surface area is 103 Å². The summed E-state index contributed by atoms with van der Waals surface area (Å²) >= 11 is 0. The molecular formula is C11H13N5O2. The zero-order valence-corrected chi connectivity index (χ0v) is 9.88. The number of nitrogens with zero attached hydrogens (tertiary/aromatic N) is 3. The fourth-order valence-electron chi connectivity index (χ4n) is 1.55. The Kier molecular flexibility index (Phi) is 3.52. The van der Waals surface area contributed by atoms with Crippen LogP contribution in [-0.2, 0) is 13.0 Å². The molecule has 0 aromatic carbocycles. The minimum atomic E-state index is -0.429. The van der Waals surface area contributed by atoms with Crippen molar-refractivity contribution in [1.82, 2.24) is 20.6 Å². The number of anilines is 1. The predicted molar refractivity (Wildman–Crippen MR) is 63.5 cm³/mol. The van der Waals surface area contributed by atoms with Gasteiger partial charge in [-0.1, -0.05) is 13.0 Å². The maximum absolute atomic E-state index is 11.7. The van der Waals surface area contributed by atoms with E-state index in [0.717, 1.165) is 17.7 Å². The van der Waals surface area contributed by atoms with Gasteiger partial charge in [-0.05, 0) is 28.4 Å². The van der Waals surface area contributed by atoms with Crippen molar-refractivity contribution in [3.8, 4) is 0 Å². The number of nitrogens with one attached hydrogen (secondary N) is 1. The van der Waals surface area contributed by atoms with Gasteiger partial charge >= 0.3 is 0 Å².